The molecule has 0 unspecified atom stereocenters. The van der Waals surface area contributed by atoms with Crippen molar-refractivity contribution in [2.75, 3.05) is 13.1 Å². The Morgan fingerprint density at radius 1 is 1.47 bits per heavy atom. The van der Waals surface area contributed by atoms with Gasteiger partial charge in [-0.1, -0.05) is 12.1 Å². The van der Waals surface area contributed by atoms with Crippen molar-refractivity contribution in [1.82, 2.24) is 5.32 Å². The van der Waals surface area contributed by atoms with Crippen molar-refractivity contribution < 1.29 is 13.6 Å². The van der Waals surface area contributed by atoms with Crippen LogP contribution >= 0.6 is 22.6 Å². The van der Waals surface area contributed by atoms with E-state index >= 15 is 0 Å². The van der Waals surface area contributed by atoms with Crippen molar-refractivity contribution >= 4 is 28.5 Å². The van der Waals surface area contributed by atoms with Crippen molar-refractivity contribution in [3.8, 4) is 0 Å². The molecule has 94 valence electrons. The maximum atomic E-state index is 12.8. The lowest BCUT2D eigenvalue weighted by atomic mass is 10.1. The first-order chi connectivity index (χ1) is 7.93. The fraction of sp³-hybridized carbons (Fsp3) is 0.364. The van der Waals surface area contributed by atoms with Crippen LogP contribution in [-0.4, -0.2) is 24.9 Å². The van der Waals surface area contributed by atoms with Gasteiger partial charge in [0.2, 0.25) is 5.91 Å². The summed E-state index contributed by atoms with van der Waals surface area (Å²) < 4.78 is 26.6. The lowest BCUT2D eigenvalue weighted by Crippen LogP contribution is -2.42. The van der Waals surface area contributed by atoms with Crippen LogP contribution in [0.1, 0.15) is 5.56 Å². The van der Waals surface area contributed by atoms with Crippen LogP contribution in [0.4, 0.5) is 8.78 Å². The second-order valence-electron chi connectivity index (χ2n) is 3.64. The maximum absolute atomic E-state index is 12.8. The molecule has 0 fully saturated rings. The Morgan fingerprint density at radius 3 is 2.76 bits per heavy atom. The summed E-state index contributed by atoms with van der Waals surface area (Å²) in [5.74, 6) is -3.47. The highest BCUT2D eigenvalue weighted by atomic mass is 127. The molecule has 0 atom stereocenters. The summed E-state index contributed by atoms with van der Waals surface area (Å²) in [7, 11) is 0. The smallest absolute Gasteiger partial charge is 0.277 e. The number of hydrogen-bond donors (Lipinski definition) is 2. The molecule has 0 radical (unpaired) electrons. The van der Waals surface area contributed by atoms with E-state index in [1.54, 1.807) is 6.07 Å². The Labute approximate surface area is 112 Å². The molecule has 17 heavy (non-hydrogen) atoms. The minimum absolute atomic E-state index is 0.0947. The van der Waals surface area contributed by atoms with E-state index in [0.29, 0.717) is 0 Å². The summed E-state index contributed by atoms with van der Waals surface area (Å²) in [5, 5.41) is 2.17. The largest absolute Gasteiger partial charge is 0.350 e. The van der Waals surface area contributed by atoms with E-state index in [0.717, 1.165) is 9.13 Å². The highest BCUT2D eigenvalue weighted by molar-refractivity contribution is 14.1. The molecule has 0 aromatic heterocycles. The van der Waals surface area contributed by atoms with E-state index in [1.807, 2.05) is 18.2 Å². The molecule has 0 saturated heterocycles. The van der Waals surface area contributed by atoms with E-state index in [9.17, 15) is 13.6 Å². The topological polar surface area (TPSA) is 55.1 Å². The van der Waals surface area contributed by atoms with Crippen molar-refractivity contribution in [2.24, 2.45) is 5.73 Å². The Bertz CT molecular complexity index is 399. The second-order valence-corrected chi connectivity index (χ2v) is 4.89. The molecule has 0 aliphatic carbocycles. The zero-order chi connectivity index (χ0) is 12.9. The Morgan fingerprint density at radius 2 is 2.18 bits per heavy atom. The molecule has 0 saturated carbocycles. The van der Waals surface area contributed by atoms with Crippen LogP contribution in [-0.2, 0) is 11.2 Å². The van der Waals surface area contributed by atoms with Crippen LogP contribution in [0, 0.1) is 3.57 Å². The molecule has 1 aromatic rings. The predicted octanol–water partition coefficient (Wildman–Crippen LogP) is 1.54. The minimum atomic E-state index is -3.04. The molecule has 0 aliphatic rings. The third kappa shape index (κ3) is 5.40. The molecule has 1 aromatic carbocycles. The number of carbonyl (C=O) groups excluding carboxylic acids is 1. The van der Waals surface area contributed by atoms with E-state index in [2.05, 4.69) is 27.9 Å². The number of carbonyl (C=O) groups is 1. The Hall–Kier alpha value is -0.760. The highest BCUT2D eigenvalue weighted by Gasteiger charge is 2.26. The van der Waals surface area contributed by atoms with Gasteiger partial charge in [-0.25, -0.2) is 8.78 Å². The van der Waals surface area contributed by atoms with Gasteiger partial charge in [0.1, 0.15) is 0 Å². The van der Waals surface area contributed by atoms with Crippen LogP contribution < -0.4 is 11.1 Å². The third-order valence-electron chi connectivity index (χ3n) is 2.10. The summed E-state index contributed by atoms with van der Waals surface area (Å²) in [5.41, 5.74) is 5.66. The quantitative estimate of drug-likeness (QED) is 0.789. The maximum Gasteiger partial charge on any atom is 0.277 e. The van der Waals surface area contributed by atoms with Gasteiger partial charge in [-0.05, 0) is 40.3 Å². The van der Waals surface area contributed by atoms with Gasteiger partial charge < -0.3 is 11.1 Å². The monoisotopic (exact) mass is 354 g/mol. The van der Waals surface area contributed by atoms with Crippen LogP contribution in [0.15, 0.2) is 24.3 Å². The van der Waals surface area contributed by atoms with Gasteiger partial charge in [-0.15, -0.1) is 0 Å². The van der Waals surface area contributed by atoms with Gasteiger partial charge in [-0.2, -0.15) is 0 Å². The first-order valence-electron chi connectivity index (χ1n) is 5.02. The Kier molecular flexibility index (Phi) is 5.26. The van der Waals surface area contributed by atoms with Crippen molar-refractivity contribution in [1.29, 1.82) is 0 Å². The third-order valence-corrected chi connectivity index (χ3v) is 2.77. The van der Waals surface area contributed by atoms with Gasteiger partial charge >= 0.3 is 0 Å². The predicted molar refractivity (Wildman–Crippen MR) is 69.9 cm³/mol. The molecule has 0 aliphatic heterocycles. The SMILES string of the molecule is NCC(F)(F)CNC(=O)Cc1cccc(I)c1. The number of nitrogens with one attached hydrogen (secondary N) is 1. The lowest BCUT2D eigenvalue weighted by molar-refractivity contribution is -0.122. The van der Waals surface area contributed by atoms with E-state index < -0.39 is 24.9 Å². The fourth-order valence-corrected chi connectivity index (χ4v) is 1.80. The standard InChI is InChI=1S/C11H13F2IN2O/c12-11(13,6-15)7-16-10(17)5-8-2-1-3-9(14)4-8/h1-4H,5-7,15H2,(H,16,17). The summed E-state index contributed by atoms with van der Waals surface area (Å²) >= 11 is 2.12. The molecule has 0 bridgehead atoms. The molecule has 6 heteroatoms. The first kappa shape index (κ1) is 14.3. The number of halogens is 3. The average molecular weight is 354 g/mol. The van der Waals surface area contributed by atoms with Gasteiger partial charge in [-0.3, -0.25) is 4.79 Å². The van der Waals surface area contributed by atoms with E-state index in [4.69, 9.17) is 5.73 Å². The van der Waals surface area contributed by atoms with E-state index in [-0.39, 0.29) is 6.42 Å². The van der Waals surface area contributed by atoms with Crippen molar-refractivity contribution in [3.63, 3.8) is 0 Å². The van der Waals surface area contributed by atoms with Crippen LogP contribution in [0.25, 0.3) is 0 Å². The molecule has 0 spiro atoms. The van der Waals surface area contributed by atoms with Crippen molar-refractivity contribution in [3.05, 3.63) is 33.4 Å². The number of rotatable bonds is 5. The minimum Gasteiger partial charge on any atom is -0.350 e. The van der Waals surface area contributed by atoms with Gasteiger partial charge in [0.15, 0.2) is 0 Å². The first-order valence-corrected chi connectivity index (χ1v) is 6.10. The van der Waals surface area contributed by atoms with Crippen molar-refractivity contribution in [2.45, 2.75) is 12.3 Å². The van der Waals surface area contributed by atoms with Gasteiger partial charge in [0.05, 0.1) is 19.5 Å². The molecule has 1 amide bonds. The molecule has 3 N–H and O–H groups in total. The number of benzene rings is 1. The zero-order valence-electron chi connectivity index (χ0n) is 9.05. The number of amides is 1. The second kappa shape index (κ2) is 6.25. The van der Waals surface area contributed by atoms with Crippen LogP contribution in [0.5, 0.6) is 0 Å². The zero-order valence-corrected chi connectivity index (χ0v) is 11.2. The number of nitrogens with two attached hydrogens (primary N) is 1. The van der Waals surface area contributed by atoms with E-state index in [1.165, 1.54) is 0 Å². The van der Waals surface area contributed by atoms with Gasteiger partial charge in [0.25, 0.3) is 5.92 Å². The fourth-order valence-electron chi connectivity index (χ4n) is 1.19. The van der Waals surface area contributed by atoms with Crippen LogP contribution in [0.3, 0.4) is 0 Å². The Balaban J connectivity index is 2.45. The molecule has 1 rings (SSSR count). The van der Waals surface area contributed by atoms with Gasteiger partial charge in [0, 0.05) is 3.57 Å². The lowest BCUT2D eigenvalue weighted by Gasteiger charge is -2.14. The molecule has 0 heterocycles. The molecule has 3 nitrogen and oxygen atoms in total. The summed E-state index contributed by atoms with van der Waals surface area (Å²) in [6, 6.07) is 7.33. The summed E-state index contributed by atoms with van der Waals surface area (Å²) in [6.07, 6.45) is 0.0947. The summed E-state index contributed by atoms with van der Waals surface area (Å²) in [6.45, 7) is -1.48. The molecular formula is C11H13F2IN2O. The average Bonchev–Trinajstić information content (AvgIpc) is 2.27. The highest BCUT2D eigenvalue weighted by Crippen LogP contribution is 2.10. The van der Waals surface area contributed by atoms with Crippen LogP contribution in [0.2, 0.25) is 0 Å². The summed E-state index contributed by atoms with van der Waals surface area (Å²) in [4.78, 5) is 11.4. The molecular weight excluding hydrogens is 341 g/mol. The number of hydrogen-bond acceptors (Lipinski definition) is 2. The number of alkyl halides is 2. The normalized spacial score (nSPS) is 11.3.